The summed E-state index contributed by atoms with van der Waals surface area (Å²) in [7, 11) is 0. The van der Waals surface area contributed by atoms with Gasteiger partial charge in [-0.15, -0.1) is 0 Å². The number of amides is 1. The molecule has 1 aromatic rings. The largest absolute Gasteiger partial charge is 0.372 e. The number of carbonyl (C=O) groups excluding carboxylic acids is 2. The SMILES string of the molecule is CC(=O)c1ccc(C(=O)N2CC(C)OC(C)C2)[nH]1. The number of aromatic amines is 1. The molecule has 0 aliphatic carbocycles. The zero-order valence-corrected chi connectivity index (χ0v) is 10.9. The lowest BCUT2D eigenvalue weighted by Crippen LogP contribution is -2.48. The van der Waals surface area contributed by atoms with Gasteiger partial charge in [0.1, 0.15) is 5.69 Å². The Kier molecular flexibility index (Phi) is 3.52. The highest BCUT2D eigenvalue weighted by molar-refractivity contribution is 5.97. The molecule has 5 nitrogen and oxygen atoms in total. The predicted molar refractivity (Wildman–Crippen MR) is 66.7 cm³/mol. The van der Waals surface area contributed by atoms with E-state index in [-0.39, 0.29) is 23.9 Å². The van der Waals surface area contributed by atoms with Crippen molar-refractivity contribution in [1.29, 1.82) is 0 Å². The molecular weight excluding hydrogens is 232 g/mol. The van der Waals surface area contributed by atoms with Crippen molar-refractivity contribution in [2.24, 2.45) is 0 Å². The Morgan fingerprint density at radius 3 is 2.28 bits per heavy atom. The van der Waals surface area contributed by atoms with Crippen LogP contribution >= 0.6 is 0 Å². The van der Waals surface area contributed by atoms with E-state index in [1.807, 2.05) is 13.8 Å². The van der Waals surface area contributed by atoms with E-state index in [1.165, 1.54) is 6.92 Å². The van der Waals surface area contributed by atoms with Gasteiger partial charge in [-0.3, -0.25) is 9.59 Å². The van der Waals surface area contributed by atoms with E-state index in [9.17, 15) is 9.59 Å². The Labute approximate surface area is 106 Å². The van der Waals surface area contributed by atoms with Gasteiger partial charge in [-0.1, -0.05) is 0 Å². The molecule has 0 aromatic carbocycles. The number of hydrogen-bond acceptors (Lipinski definition) is 3. The molecule has 18 heavy (non-hydrogen) atoms. The fourth-order valence-corrected chi connectivity index (χ4v) is 2.24. The zero-order valence-electron chi connectivity index (χ0n) is 10.9. The van der Waals surface area contributed by atoms with Crippen LogP contribution in [0.3, 0.4) is 0 Å². The molecule has 2 heterocycles. The van der Waals surface area contributed by atoms with Crippen LogP contribution in [-0.2, 0) is 4.74 Å². The molecule has 98 valence electrons. The van der Waals surface area contributed by atoms with Crippen molar-refractivity contribution in [1.82, 2.24) is 9.88 Å². The Morgan fingerprint density at radius 1 is 1.22 bits per heavy atom. The number of nitrogens with zero attached hydrogens (tertiary/aromatic N) is 1. The summed E-state index contributed by atoms with van der Waals surface area (Å²) in [5, 5.41) is 0. The van der Waals surface area contributed by atoms with Crippen LogP contribution < -0.4 is 0 Å². The maximum atomic E-state index is 12.3. The Bertz CT molecular complexity index is 457. The van der Waals surface area contributed by atoms with Crippen molar-refractivity contribution in [3.8, 4) is 0 Å². The molecule has 1 aliphatic heterocycles. The molecular formula is C13H18N2O3. The highest BCUT2D eigenvalue weighted by atomic mass is 16.5. The Balaban J connectivity index is 2.12. The predicted octanol–water partition coefficient (Wildman–Crippen LogP) is 1.47. The second-order valence-electron chi connectivity index (χ2n) is 4.81. The summed E-state index contributed by atoms with van der Waals surface area (Å²) >= 11 is 0. The van der Waals surface area contributed by atoms with Crippen LogP contribution in [-0.4, -0.2) is 46.9 Å². The number of H-pyrrole nitrogens is 1. The number of morpholine rings is 1. The summed E-state index contributed by atoms with van der Waals surface area (Å²) in [6.07, 6.45) is 0.0832. The second-order valence-corrected chi connectivity index (χ2v) is 4.81. The number of rotatable bonds is 2. The lowest BCUT2D eigenvalue weighted by molar-refractivity contribution is -0.0587. The zero-order chi connectivity index (χ0) is 13.3. The van der Waals surface area contributed by atoms with Gasteiger partial charge in [0, 0.05) is 20.0 Å². The maximum absolute atomic E-state index is 12.3. The molecule has 1 N–H and O–H groups in total. The van der Waals surface area contributed by atoms with E-state index in [2.05, 4.69) is 4.98 Å². The first-order chi connectivity index (χ1) is 8.47. The number of hydrogen-bond donors (Lipinski definition) is 1. The molecule has 2 atom stereocenters. The minimum absolute atomic E-state index is 0.0416. The number of aromatic nitrogens is 1. The van der Waals surface area contributed by atoms with Gasteiger partial charge in [0.2, 0.25) is 0 Å². The van der Waals surface area contributed by atoms with Crippen LogP contribution in [0.2, 0.25) is 0 Å². The fraction of sp³-hybridized carbons (Fsp3) is 0.538. The van der Waals surface area contributed by atoms with E-state index in [0.29, 0.717) is 24.5 Å². The number of ether oxygens (including phenoxy) is 1. The Morgan fingerprint density at radius 2 is 1.78 bits per heavy atom. The minimum Gasteiger partial charge on any atom is -0.372 e. The molecule has 2 rings (SSSR count). The maximum Gasteiger partial charge on any atom is 0.270 e. The molecule has 5 heteroatoms. The molecule has 1 aromatic heterocycles. The third-order valence-electron chi connectivity index (χ3n) is 3.00. The molecule has 1 aliphatic rings. The van der Waals surface area contributed by atoms with E-state index >= 15 is 0 Å². The molecule has 1 amide bonds. The number of Topliss-reactive ketones (excluding diaryl/α,β-unsaturated/α-hetero) is 1. The standard InChI is InChI=1S/C13H18N2O3/c1-8-6-15(7-9(2)18-8)13(17)12-5-4-11(14-12)10(3)16/h4-5,8-9,14H,6-7H2,1-3H3. The summed E-state index contributed by atoms with van der Waals surface area (Å²) in [4.78, 5) is 28.1. The summed E-state index contributed by atoms with van der Waals surface area (Å²) in [5.41, 5.74) is 0.925. The molecule has 0 spiro atoms. The van der Waals surface area contributed by atoms with Gasteiger partial charge in [-0.05, 0) is 26.0 Å². The quantitative estimate of drug-likeness (QED) is 0.808. The number of ketones is 1. The topological polar surface area (TPSA) is 62.4 Å². The first kappa shape index (κ1) is 12.8. The average Bonchev–Trinajstić information content (AvgIpc) is 2.75. The van der Waals surface area contributed by atoms with Gasteiger partial charge in [0.25, 0.3) is 5.91 Å². The van der Waals surface area contributed by atoms with Gasteiger partial charge in [0.05, 0.1) is 17.9 Å². The smallest absolute Gasteiger partial charge is 0.270 e. The van der Waals surface area contributed by atoms with Gasteiger partial charge >= 0.3 is 0 Å². The first-order valence-corrected chi connectivity index (χ1v) is 6.12. The summed E-state index contributed by atoms with van der Waals surface area (Å²) in [6, 6.07) is 3.30. The monoisotopic (exact) mass is 250 g/mol. The van der Waals surface area contributed by atoms with Crippen molar-refractivity contribution in [2.45, 2.75) is 33.0 Å². The summed E-state index contributed by atoms with van der Waals surface area (Å²) < 4.78 is 5.59. The third kappa shape index (κ3) is 2.61. The normalized spacial score (nSPS) is 24.1. The highest BCUT2D eigenvalue weighted by Gasteiger charge is 2.27. The first-order valence-electron chi connectivity index (χ1n) is 6.12. The lowest BCUT2D eigenvalue weighted by atomic mass is 10.2. The molecule has 2 unspecified atom stereocenters. The molecule has 0 radical (unpaired) electrons. The van der Waals surface area contributed by atoms with Crippen molar-refractivity contribution < 1.29 is 14.3 Å². The number of carbonyl (C=O) groups is 2. The van der Waals surface area contributed by atoms with Crippen molar-refractivity contribution >= 4 is 11.7 Å². The van der Waals surface area contributed by atoms with Crippen molar-refractivity contribution in [2.75, 3.05) is 13.1 Å². The highest BCUT2D eigenvalue weighted by Crippen LogP contribution is 2.14. The lowest BCUT2D eigenvalue weighted by Gasteiger charge is -2.35. The van der Waals surface area contributed by atoms with Gasteiger partial charge in [0.15, 0.2) is 5.78 Å². The average molecular weight is 250 g/mol. The summed E-state index contributed by atoms with van der Waals surface area (Å²) in [6.45, 7) is 6.53. The van der Waals surface area contributed by atoms with Crippen LogP contribution in [0.25, 0.3) is 0 Å². The number of nitrogens with one attached hydrogen (secondary N) is 1. The van der Waals surface area contributed by atoms with Crippen molar-refractivity contribution in [3.05, 3.63) is 23.5 Å². The molecule has 1 saturated heterocycles. The summed E-state index contributed by atoms with van der Waals surface area (Å²) in [5.74, 6) is -0.151. The van der Waals surface area contributed by atoms with Crippen LogP contribution in [0.15, 0.2) is 12.1 Å². The van der Waals surface area contributed by atoms with E-state index in [0.717, 1.165) is 0 Å². The van der Waals surface area contributed by atoms with Crippen LogP contribution in [0, 0.1) is 0 Å². The van der Waals surface area contributed by atoms with Gasteiger partial charge in [-0.2, -0.15) is 0 Å². The van der Waals surface area contributed by atoms with Crippen molar-refractivity contribution in [3.63, 3.8) is 0 Å². The fourth-order valence-electron chi connectivity index (χ4n) is 2.24. The van der Waals surface area contributed by atoms with Crippen LogP contribution in [0.4, 0.5) is 0 Å². The van der Waals surface area contributed by atoms with Gasteiger partial charge < -0.3 is 14.6 Å². The molecule has 1 fully saturated rings. The van der Waals surface area contributed by atoms with Crippen LogP contribution in [0.5, 0.6) is 0 Å². The molecule has 0 bridgehead atoms. The van der Waals surface area contributed by atoms with E-state index in [1.54, 1.807) is 17.0 Å². The second kappa shape index (κ2) is 4.94. The Hall–Kier alpha value is -1.62. The van der Waals surface area contributed by atoms with E-state index < -0.39 is 0 Å². The third-order valence-corrected chi connectivity index (χ3v) is 3.00. The molecule has 0 saturated carbocycles. The van der Waals surface area contributed by atoms with Gasteiger partial charge in [-0.25, -0.2) is 0 Å². The van der Waals surface area contributed by atoms with E-state index in [4.69, 9.17) is 4.74 Å². The van der Waals surface area contributed by atoms with Crippen LogP contribution in [0.1, 0.15) is 41.7 Å². The minimum atomic E-state index is -0.0792.